The molecule has 0 aromatic heterocycles. The van der Waals surface area contributed by atoms with Crippen molar-refractivity contribution in [3.05, 3.63) is 29.8 Å². The van der Waals surface area contributed by atoms with E-state index in [1.165, 1.54) is 89.5 Å². The minimum Gasteiger partial charge on any atom is -0.490 e. The van der Waals surface area contributed by atoms with Gasteiger partial charge in [0.2, 0.25) is 0 Å². The largest absolute Gasteiger partial charge is 0.490 e. The lowest BCUT2D eigenvalue weighted by Crippen LogP contribution is -2.20. The van der Waals surface area contributed by atoms with E-state index in [0.29, 0.717) is 6.61 Å². The Kier molecular flexibility index (Phi) is 14.4. The maximum absolute atomic E-state index is 10.9. The van der Waals surface area contributed by atoms with Crippen LogP contribution in [0.5, 0.6) is 5.75 Å². The number of carbonyl (C=O) groups excluding carboxylic acids is 1. The molecule has 3 nitrogen and oxygen atoms in total. The molecule has 0 saturated heterocycles. The van der Waals surface area contributed by atoms with Crippen LogP contribution in [0.3, 0.4) is 0 Å². The number of hydrogen-bond acceptors (Lipinski definition) is 3. The molecule has 0 N–H and O–H groups in total. The first-order chi connectivity index (χ1) is 13.6. The molecule has 1 unspecified atom stereocenters. The number of esters is 1. The van der Waals surface area contributed by atoms with Gasteiger partial charge in [-0.05, 0) is 37.5 Å². The quantitative estimate of drug-likeness (QED) is 0.207. The minimum atomic E-state index is -0.267. The van der Waals surface area contributed by atoms with Crippen molar-refractivity contribution in [1.29, 1.82) is 0 Å². The van der Waals surface area contributed by atoms with Gasteiger partial charge in [-0.2, -0.15) is 0 Å². The predicted molar refractivity (Wildman–Crippen MR) is 118 cm³/mol. The van der Waals surface area contributed by atoms with E-state index in [9.17, 15) is 4.79 Å². The molecule has 1 aromatic rings. The van der Waals surface area contributed by atoms with Gasteiger partial charge in [0, 0.05) is 6.92 Å². The summed E-state index contributed by atoms with van der Waals surface area (Å²) in [6, 6.07) is 8.29. The van der Waals surface area contributed by atoms with Crippen LogP contribution in [0.2, 0.25) is 0 Å². The lowest BCUT2D eigenvalue weighted by molar-refractivity contribution is -0.146. The van der Waals surface area contributed by atoms with Crippen molar-refractivity contribution in [1.82, 2.24) is 0 Å². The first kappa shape index (κ1) is 24.5. The second kappa shape index (κ2) is 16.4. The van der Waals surface area contributed by atoms with Crippen molar-refractivity contribution < 1.29 is 14.3 Å². The van der Waals surface area contributed by atoms with Crippen LogP contribution in [0.25, 0.3) is 0 Å². The summed E-state index contributed by atoms with van der Waals surface area (Å²) in [5.74, 6) is 0.590. The van der Waals surface area contributed by atoms with E-state index >= 15 is 0 Å². The molecule has 0 aliphatic rings. The van der Waals surface area contributed by atoms with Crippen LogP contribution in [0.1, 0.15) is 103 Å². The average Bonchev–Trinajstić information content (AvgIpc) is 2.67. The third-order valence-corrected chi connectivity index (χ3v) is 5.07. The number of ether oxygens (including phenoxy) is 2. The van der Waals surface area contributed by atoms with E-state index in [4.69, 9.17) is 9.47 Å². The van der Waals surface area contributed by atoms with Crippen molar-refractivity contribution in [2.45, 2.75) is 110 Å². The molecule has 0 fully saturated rings. The highest BCUT2D eigenvalue weighted by Crippen LogP contribution is 2.17. The smallest absolute Gasteiger partial charge is 0.303 e. The Morgan fingerprint density at radius 1 is 0.893 bits per heavy atom. The van der Waals surface area contributed by atoms with Gasteiger partial charge in [0.05, 0.1) is 0 Å². The zero-order chi connectivity index (χ0) is 20.5. The number of benzene rings is 1. The number of carbonyl (C=O) groups is 1. The van der Waals surface area contributed by atoms with Crippen LogP contribution >= 0.6 is 0 Å². The highest BCUT2D eigenvalue weighted by atomic mass is 16.6. The number of aryl methyl sites for hydroxylation is 1. The van der Waals surface area contributed by atoms with Crippen LogP contribution in [0.15, 0.2) is 24.3 Å². The molecule has 0 aliphatic heterocycles. The highest BCUT2D eigenvalue weighted by molar-refractivity contribution is 5.66. The normalized spacial score (nSPS) is 12.0. The van der Waals surface area contributed by atoms with Gasteiger partial charge in [-0.25, -0.2) is 0 Å². The third kappa shape index (κ3) is 13.6. The molecule has 1 atom stereocenters. The Morgan fingerprint density at radius 2 is 1.46 bits per heavy atom. The van der Waals surface area contributed by atoms with Gasteiger partial charge >= 0.3 is 5.97 Å². The molecule has 0 radical (unpaired) electrons. The molecule has 0 heterocycles. The fraction of sp³-hybridized carbons (Fsp3) is 0.720. The standard InChI is InChI=1S/C25H42O3/c1-4-5-6-7-8-9-10-11-12-13-14-15-17-24-18-16-19-25(20-24)27-21-22(2)28-23(3)26/h16,18-20,22H,4-15,17,21H2,1-3H3. The topological polar surface area (TPSA) is 35.5 Å². The Morgan fingerprint density at radius 3 is 2.04 bits per heavy atom. The van der Waals surface area contributed by atoms with Crippen LogP contribution < -0.4 is 4.74 Å². The maximum Gasteiger partial charge on any atom is 0.303 e. The van der Waals surface area contributed by atoms with Crippen molar-refractivity contribution in [3.8, 4) is 5.75 Å². The van der Waals surface area contributed by atoms with Gasteiger partial charge in [-0.1, -0.05) is 89.7 Å². The summed E-state index contributed by atoms with van der Waals surface area (Å²) < 4.78 is 10.8. The monoisotopic (exact) mass is 390 g/mol. The molecule has 160 valence electrons. The van der Waals surface area contributed by atoms with Crippen molar-refractivity contribution in [2.24, 2.45) is 0 Å². The summed E-state index contributed by atoms with van der Waals surface area (Å²) in [6.07, 6.45) is 17.4. The van der Waals surface area contributed by atoms with E-state index in [1.807, 2.05) is 19.1 Å². The van der Waals surface area contributed by atoms with E-state index in [0.717, 1.165) is 12.2 Å². The van der Waals surface area contributed by atoms with Crippen LogP contribution in [0, 0.1) is 0 Å². The van der Waals surface area contributed by atoms with Crippen molar-refractivity contribution in [2.75, 3.05) is 6.61 Å². The highest BCUT2D eigenvalue weighted by Gasteiger charge is 2.06. The molecule has 0 bridgehead atoms. The number of rotatable bonds is 17. The summed E-state index contributed by atoms with van der Waals surface area (Å²) in [6.45, 7) is 5.93. The van der Waals surface area contributed by atoms with Gasteiger partial charge in [0.1, 0.15) is 18.5 Å². The molecule has 0 aliphatic carbocycles. The zero-order valence-electron chi connectivity index (χ0n) is 18.5. The summed E-state index contributed by atoms with van der Waals surface area (Å²) in [4.78, 5) is 10.9. The Bertz CT molecular complexity index is 512. The summed E-state index contributed by atoms with van der Waals surface area (Å²) in [7, 11) is 0. The summed E-state index contributed by atoms with van der Waals surface area (Å²) >= 11 is 0. The predicted octanol–water partition coefficient (Wildman–Crippen LogP) is 7.26. The second-order valence-electron chi connectivity index (χ2n) is 8.02. The molecule has 1 aromatic carbocycles. The average molecular weight is 391 g/mol. The Labute approximate surface area is 173 Å². The number of unbranched alkanes of at least 4 members (excludes halogenated alkanes) is 11. The molecule has 1 rings (SSSR count). The molecular formula is C25H42O3. The maximum atomic E-state index is 10.9. The first-order valence-electron chi connectivity index (χ1n) is 11.5. The third-order valence-electron chi connectivity index (χ3n) is 5.07. The Balaban J connectivity index is 2.04. The van der Waals surface area contributed by atoms with E-state index in [2.05, 4.69) is 19.1 Å². The number of hydrogen-bond donors (Lipinski definition) is 0. The van der Waals surface area contributed by atoms with Gasteiger partial charge in [-0.3, -0.25) is 4.79 Å². The van der Waals surface area contributed by atoms with E-state index in [-0.39, 0.29) is 12.1 Å². The van der Waals surface area contributed by atoms with Crippen molar-refractivity contribution >= 4 is 5.97 Å². The van der Waals surface area contributed by atoms with E-state index in [1.54, 1.807) is 0 Å². The lowest BCUT2D eigenvalue weighted by Gasteiger charge is -2.13. The molecule has 0 saturated carbocycles. The SMILES string of the molecule is CCCCCCCCCCCCCCc1cccc(OCC(C)OC(C)=O)c1. The minimum absolute atomic E-state index is 0.225. The zero-order valence-corrected chi connectivity index (χ0v) is 18.5. The molecule has 0 amide bonds. The fourth-order valence-electron chi connectivity index (χ4n) is 3.49. The van der Waals surface area contributed by atoms with Gasteiger partial charge in [0.15, 0.2) is 0 Å². The summed E-state index contributed by atoms with van der Waals surface area (Å²) in [5, 5.41) is 0. The molecule has 0 spiro atoms. The second-order valence-corrected chi connectivity index (χ2v) is 8.02. The summed E-state index contributed by atoms with van der Waals surface area (Å²) in [5.41, 5.74) is 1.32. The first-order valence-corrected chi connectivity index (χ1v) is 11.5. The lowest BCUT2D eigenvalue weighted by atomic mass is 10.0. The van der Waals surface area contributed by atoms with Crippen molar-refractivity contribution in [3.63, 3.8) is 0 Å². The van der Waals surface area contributed by atoms with Gasteiger partial charge in [-0.15, -0.1) is 0 Å². The van der Waals surface area contributed by atoms with Crippen LogP contribution in [-0.4, -0.2) is 18.7 Å². The van der Waals surface area contributed by atoms with Gasteiger partial charge < -0.3 is 9.47 Å². The fourth-order valence-corrected chi connectivity index (χ4v) is 3.49. The van der Waals surface area contributed by atoms with Crippen LogP contribution in [0.4, 0.5) is 0 Å². The molecule has 3 heteroatoms. The Hall–Kier alpha value is -1.51. The van der Waals surface area contributed by atoms with E-state index < -0.39 is 0 Å². The molecular weight excluding hydrogens is 348 g/mol. The van der Waals surface area contributed by atoms with Gasteiger partial charge in [0.25, 0.3) is 0 Å². The molecule has 28 heavy (non-hydrogen) atoms. The van der Waals surface area contributed by atoms with Crippen LogP contribution in [-0.2, 0) is 16.0 Å².